The van der Waals surface area contributed by atoms with Crippen molar-refractivity contribution in [1.82, 2.24) is 10.6 Å². The van der Waals surface area contributed by atoms with E-state index in [4.69, 9.17) is 0 Å². The molecule has 11 heavy (non-hydrogen) atoms. The van der Waals surface area contributed by atoms with Gasteiger partial charge in [0.15, 0.2) is 0 Å². The Hall–Kier alpha value is -1.25. The molecule has 2 aliphatic heterocycles. The minimum absolute atomic E-state index is 1.04. The average molecular weight is 149 g/mol. The number of hydrogen-bond acceptors (Lipinski definition) is 3. The zero-order valence-corrected chi connectivity index (χ0v) is 6.52. The maximum absolute atomic E-state index is 4.05. The van der Waals surface area contributed by atoms with Crippen LogP contribution in [0.3, 0.4) is 0 Å². The molecule has 0 aliphatic carbocycles. The molecule has 3 heteroatoms. The second kappa shape index (κ2) is 2.42. The van der Waals surface area contributed by atoms with Crippen LogP contribution in [0.2, 0.25) is 0 Å². The van der Waals surface area contributed by atoms with E-state index in [1.165, 1.54) is 11.1 Å². The third-order valence-corrected chi connectivity index (χ3v) is 2.01. The summed E-state index contributed by atoms with van der Waals surface area (Å²) in [5.74, 6) is 1.13. The standard InChI is InChI=1S/C8H11N3/c1-6-4-9-5-11-8-7(6)2-3-10-8/h4-5,10H,2-3H2,1H3,(H,9,11). The summed E-state index contributed by atoms with van der Waals surface area (Å²) in [6.45, 7) is 3.13. The number of allylic oxidation sites excluding steroid dienone is 1. The number of rotatable bonds is 0. The molecule has 0 aromatic rings. The highest BCUT2D eigenvalue weighted by atomic mass is 15.1. The van der Waals surface area contributed by atoms with Gasteiger partial charge in [0.1, 0.15) is 5.82 Å². The minimum atomic E-state index is 1.04. The van der Waals surface area contributed by atoms with Gasteiger partial charge in [0.05, 0.1) is 6.34 Å². The van der Waals surface area contributed by atoms with Gasteiger partial charge in [-0.3, -0.25) is 0 Å². The summed E-state index contributed by atoms with van der Waals surface area (Å²) in [7, 11) is 0. The van der Waals surface area contributed by atoms with Crippen molar-refractivity contribution in [2.75, 3.05) is 6.54 Å². The Balaban J connectivity index is 2.38. The summed E-state index contributed by atoms with van der Waals surface area (Å²) in [4.78, 5) is 4.05. The fraction of sp³-hybridized carbons (Fsp3) is 0.375. The Kier molecular flexibility index (Phi) is 1.42. The molecule has 2 rings (SSSR count). The molecular weight excluding hydrogens is 138 g/mol. The fourth-order valence-electron chi connectivity index (χ4n) is 1.41. The highest BCUT2D eigenvalue weighted by Gasteiger charge is 2.15. The zero-order chi connectivity index (χ0) is 7.68. The van der Waals surface area contributed by atoms with Crippen LogP contribution in [-0.4, -0.2) is 12.9 Å². The van der Waals surface area contributed by atoms with E-state index in [-0.39, 0.29) is 0 Å². The highest BCUT2D eigenvalue weighted by Crippen LogP contribution is 2.20. The van der Waals surface area contributed by atoms with Gasteiger partial charge in [-0.15, -0.1) is 0 Å². The first kappa shape index (κ1) is 6.46. The van der Waals surface area contributed by atoms with Crippen molar-refractivity contribution in [3.05, 3.63) is 23.2 Å². The molecule has 2 heterocycles. The lowest BCUT2D eigenvalue weighted by molar-refractivity contribution is 0.837. The summed E-state index contributed by atoms with van der Waals surface area (Å²) in [6, 6.07) is 0. The number of nitrogens with zero attached hydrogens (tertiary/aromatic N) is 1. The molecule has 0 aromatic carbocycles. The predicted octanol–water partition coefficient (Wildman–Crippen LogP) is 0.727. The van der Waals surface area contributed by atoms with Crippen molar-refractivity contribution < 1.29 is 0 Å². The van der Waals surface area contributed by atoms with Gasteiger partial charge in [0, 0.05) is 12.7 Å². The Labute approximate surface area is 65.9 Å². The fourth-order valence-corrected chi connectivity index (χ4v) is 1.41. The highest BCUT2D eigenvalue weighted by molar-refractivity contribution is 5.61. The van der Waals surface area contributed by atoms with E-state index in [0.29, 0.717) is 0 Å². The molecule has 0 amide bonds. The molecule has 2 N–H and O–H groups in total. The quantitative estimate of drug-likeness (QED) is 0.532. The lowest BCUT2D eigenvalue weighted by atomic mass is 10.1. The van der Waals surface area contributed by atoms with Crippen molar-refractivity contribution in [1.29, 1.82) is 0 Å². The number of nitrogens with one attached hydrogen (secondary N) is 2. The molecule has 58 valence electrons. The predicted molar refractivity (Wildman–Crippen MR) is 45.0 cm³/mol. The van der Waals surface area contributed by atoms with Gasteiger partial charge in [-0.1, -0.05) is 0 Å². The lowest BCUT2D eigenvalue weighted by Crippen LogP contribution is -2.21. The molecule has 0 atom stereocenters. The van der Waals surface area contributed by atoms with Gasteiger partial charge in [-0.2, -0.15) is 0 Å². The topological polar surface area (TPSA) is 36.4 Å². The van der Waals surface area contributed by atoms with E-state index < -0.39 is 0 Å². The Morgan fingerprint density at radius 3 is 3.36 bits per heavy atom. The van der Waals surface area contributed by atoms with Crippen LogP contribution in [0.25, 0.3) is 0 Å². The summed E-state index contributed by atoms with van der Waals surface area (Å²) >= 11 is 0. The van der Waals surface area contributed by atoms with Crippen molar-refractivity contribution >= 4 is 6.34 Å². The first-order valence-electron chi connectivity index (χ1n) is 3.80. The first-order chi connectivity index (χ1) is 5.38. The van der Waals surface area contributed by atoms with Gasteiger partial charge in [0.25, 0.3) is 0 Å². The van der Waals surface area contributed by atoms with Gasteiger partial charge < -0.3 is 10.6 Å². The molecule has 0 aromatic heterocycles. The lowest BCUT2D eigenvalue weighted by Gasteiger charge is -2.03. The Morgan fingerprint density at radius 2 is 2.45 bits per heavy atom. The second-order valence-electron chi connectivity index (χ2n) is 2.76. The molecule has 0 bridgehead atoms. The van der Waals surface area contributed by atoms with Crippen molar-refractivity contribution in [2.45, 2.75) is 13.3 Å². The largest absolute Gasteiger partial charge is 0.371 e. The van der Waals surface area contributed by atoms with Gasteiger partial charge >= 0.3 is 0 Å². The van der Waals surface area contributed by atoms with E-state index >= 15 is 0 Å². The van der Waals surface area contributed by atoms with Gasteiger partial charge in [-0.25, -0.2) is 4.99 Å². The molecule has 0 spiro atoms. The third-order valence-electron chi connectivity index (χ3n) is 2.01. The van der Waals surface area contributed by atoms with Crippen molar-refractivity contribution in [3.63, 3.8) is 0 Å². The van der Waals surface area contributed by atoms with Crippen LogP contribution in [0, 0.1) is 0 Å². The molecular formula is C8H11N3. The maximum Gasteiger partial charge on any atom is 0.107 e. The van der Waals surface area contributed by atoms with Gasteiger partial charge in [0.2, 0.25) is 0 Å². The van der Waals surface area contributed by atoms with E-state index in [0.717, 1.165) is 18.8 Å². The SMILES string of the molecule is CC1=CN=CNC2=C1CCN2. The van der Waals surface area contributed by atoms with Crippen LogP contribution in [0.5, 0.6) is 0 Å². The smallest absolute Gasteiger partial charge is 0.107 e. The number of aliphatic imine (C=N–C) groups is 1. The van der Waals surface area contributed by atoms with Crippen LogP contribution in [-0.2, 0) is 0 Å². The normalized spacial score (nSPS) is 21.7. The van der Waals surface area contributed by atoms with Crippen LogP contribution >= 0.6 is 0 Å². The molecule has 3 nitrogen and oxygen atoms in total. The van der Waals surface area contributed by atoms with Crippen LogP contribution in [0.15, 0.2) is 28.2 Å². The molecule has 0 unspecified atom stereocenters. The summed E-state index contributed by atoms with van der Waals surface area (Å²) in [5.41, 5.74) is 2.62. The first-order valence-corrected chi connectivity index (χ1v) is 3.80. The molecule has 0 saturated heterocycles. The van der Waals surface area contributed by atoms with Crippen LogP contribution in [0.4, 0.5) is 0 Å². The van der Waals surface area contributed by atoms with Gasteiger partial charge in [-0.05, 0) is 24.5 Å². The Morgan fingerprint density at radius 1 is 1.55 bits per heavy atom. The maximum atomic E-state index is 4.05. The molecule has 0 fully saturated rings. The second-order valence-corrected chi connectivity index (χ2v) is 2.76. The zero-order valence-electron chi connectivity index (χ0n) is 6.52. The summed E-state index contributed by atoms with van der Waals surface area (Å²) in [5, 5.41) is 6.36. The van der Waals surface area contributed by atoms with Crippen molar-refractivity contribution in [3.8, 4) is 0 Å². The third kappa shape index (κ3) is 1.02. The Bertz CT molecular complexity index is 261. The van der Waals surface area contributed by atoms with E-state index in [9.17, 15) is 0 Å². The minimum Gasteiger partial charge on any atom is -0.371 e. The number of hydrogen-bond donors (Lipinski definition) is 2. The summed E-state index contributed by atoms with van der Waals surface area (Å²) < 4.78 is 0. The van der Waals surface area contributed by atoms with E-state index in [1.54, 1.807) is 6.34 Å². The van der Waals surface area contributed by atoms with Crippen LogP contribution in [0.1, 0.15) is 13.3 Å². The average Bonchev–Trinajstić information content (AvgIpc) is 2.40. The van der Waals surface area contributed by atoms with Crippen molar-refractivity contribution in [2.24, 2.45) is 4.99 Å². The molecule has 2 aliphatic rings. The van der Waals surface area contributed by atoms with Crippen LogP contribution < -0.4 is 10.6 Å². The van der Waals surface area contributed by atoms with E-state index in [2.05, 4.69) is 22.5 Å². The monoisotopic (exact) mass is 149 g/mol. The molecule has 0 saturated carbocycles. The molecule has 0 radical (unpaired) electrons. The summed E-state index contributed by atoms with van der Waals surface area (Å²) in [6.07, 6.45) is 4.71. The van der Waals surface area contributed by atoms with E-state index in [1.807, 2.05) is 6.20 Å².